The van der Waals surface area contributed by atoms with Crippen LogP contribution in [0, 0.1) is 5.82 Å². The highest BCUT2D eigenvalue weighted by molar-refractivity contribution is 7.89. The molecule has 0 fully saturated rings. The zero-order chi connectivity index (χ0) is 18.8. The third-order valence-corrected chi connectivity index (χ3v) is 4.51. The number of benzene rings is 2. The van der Waals surface area contributed by atoms with Crippen molar-refractivity contribution in [2.24, 2.45) is 5.14 Å². The van der Waals surface area contributed by atoms with Gasteiger partial charge in [-0.2, -0.15) is 0 Å². The van der Waals surface area contributed by atoms with Gasteiger partial charge in [-0.3, -0.25) is 4.79 Å². The summed E-state index contributed by atoms with van der Waals surface area (Å²) in [6, 6.07) is 6.51. The molecular formula is C15H10Cl2FNO5S. The van der Waals surface area contributed by atoms with Crippen LogP contribution in [0.1, 0.15) is 20.7 Å². The number of hydrogen-bond acceptors (Lipinski definition) is 5. The van der Waals surface area contributed by atoms with Gasteiger partial charge >= 0.3 is 5.97 Å². The third-order valence-electron chi connectivity index (χ3n) is 3.05. The number of esters is 1. The van der Waals surface area contributed by atoms with Crippen molar-refractivity contribution in [3.63, 3.8) is 0 Å². The molecular weight excluding hydrogens is 396 g/mol. The van der Waals surface area contributed by atoms with Gasteiger partial charge in [-0.1, -0.05) is 23.2 Å². The number of hydrogen-bond donors (Lipinski definition) is 1. The highest BCUT2D eigenvalue weighted by Gasteiger charge is 2.20. The van der Waals surface area contributed by atoms with E-state index >= 15 is 0 Å². The number of ether oxygens (including phenoxy) is 1. The summed E-state index contributed by atoms with van der Waals surface area (Å²) in [6.07, 6.45) is 0. The largest absolute Gasteiger partial charge is 0.454 e. The Kier molecular flexibility index (Phi) is 5.79. The first kappa shape index (κ1) is 19.3. The van der Waals surface area contributed by atoms with Crippen molar-refractivity contribution >= 4 is 45.0 Å². The van der Waals surface area contributed by atoms with Crippen molar-refractivity contribution < 1.29 is 27.1 Å². The molecule has 0 aliphatic carbocycles. The summed E-state index contributed by atoms with van der Waals surface area (Å²) in [7, 11) is -4.13. The highest BCUT2D eigenvalue weighted by atomic mass is 35.5. The average molecular weight is 406 g/mol. The summed E-state index contributed by atoms with van der Waals surface area (Å²) >= 11 is 11.6. The van der Waals surface area contributed by atoms with E-state index in [1.54, 1.807) is 0 Å². The van der Waals surface area contributed by atoms with E-state index in [4.69, 9.17) is 33.1 Å². The number of sulfonamides is 1. The molecule has 0 saturated heterocycles. The second-order valence-corrected chi connectivity index (χ2v) is 7.22. The Hall–Kier alpha value is -2.00. The van der Waals surface area contributed by atoms with Crippen LogP contribution in [0.25, 0.3) is 0 Å². The molecule has 2 aromatic rings. The second kappa shape index (κ2) is 7.49. The van der Waals surface area contributed by atoms with Crippen LogP contribution in [0.3, 0.4) is 0 Å². The Labute approximate surface area is 152 Å². The maximum atomic E-state index is 13.7. The van der Waals surface area contributed by atoms with Crippen LogP contribution in [-0.2, 0) is 14.8 Å². The number of carbonyl (C=O) groups excluding carboxylic acids is 2. The number of rotatable bonds is 5. The van der Waals surface area contributed by atoms with Crippen molar-refractivity contribution in [3.8, 4) is 0 Å². The van der Waals surface area contributed by atoms with E-state index in [2.05, 4.69) is 0 Å². The SMILES string of the molecule is NS(=O)(=O)c1ccc(F)c(C(=O)OCC(=O)c2ccc(Cl)cc2Cl)c1. The lowest BCUT2D eigenvalue weighted by atomic mass is 10.1. The van der Waals surface area contributed by atoms with E-state index in [0.717, 1.165) is 18.2 Å². The molecule has 132 valence electrons. The first-order valence-electron chi connectivity index (χ1n) is 6.57. The second-order valence-electron chi connectivity index (χ2n) is 4.81. The van der Waals surface area contributed by atoms with Gasteiger partial charge in [-0.05, 0) is 36.4 Å². The quantitative estimate of drug-likeness (QED) is 0.608. The number of halogens is 3. The summed E-state index contributed by atoms with van der Waals surface area (Å²) in [5.74, 6) is -2.88. The maximum Gasteiger partial charge on any atom is 0.341 e. The van der Waals surface area contributed by atoms with E-state index in [0.29, 0.717) is 5.02 Å². The van der Waals surface area contributed by atoms with E-state index < -0.39 is 44.7 Å². The zero-order valence-corrected chi connectivity index (χ0v) is 14.7. The molecule has 0 amide bonds. The van der Waals surface area contributed by atoms with Gasteiger partial charge in [0.15, 0.2) is 6.61 Å². The topological polar surface area (TPSA) is 104 Å². The third kappa shape index (κ3) is 4.76. The number of Topliss-reactive ketones (excluding diaryl/α,β-unsaturated/α-hetero) is 1. The number of nitrogens with two attached hydrogens (primary N) is 1. The molecule has 0 aromatic heterocycles. The fourth-order valence-electron chi connectivity index (χ4n) is 1.84. The van der Waals surface area contributed by atoms with Gasteiger partial charge in [0.1, 0.15) is 5.82 Å². The lowest BCUT2D eigenvalue weighted by Crippen LogP contribution is -2.17. The molecule has 0 radical (unpaired) electrons. The zero-order valence-electron chi connectivity index (χ0n) is 12.3. The van der Waals surface area contributed by atoms with Gasteiger partial charge in [0, 0.05) is 10.6 Å². The molecule has 2 rings (SSSR count). The van der Waals surface area contributed by atoms with Gasteiger partial charge in [0.2, 0.25) is 15.8 Å². The fourth-order valence-corrected chi connectivity index (χ4v) is 2.89. The van der Waals surface area contributed by atoms with Crippen LogP contribution in [0.5, 0.6) is 0 Å². The first-order valence-corrected chi connectivity index (χ1v) is 8.87. The van der Waals surface area contributed by atoms with Gasteiger partial charge < -0.3 is 4.74 Å². The van der Waals surface area contributed by atoms with E-state index in [1.807, 2.05) is 0 Å². The minimum atomic E-state index is -4.13. The molecule has 0 aliphatic rings. The van der Waals surface area contributed by atoms with Crippen molar-refractivity contribution in [1.29, 1.82) is 0 Å². The lowest BCUT2D eigenvalue weighted by Gasteiger charge is -2.08. The van der Waals surface area contributed by atoms with Gasteiger partial charge in [0.05, 0.1) is 15.5 Å². The van der Waals surface area contributed by atoms with Crippen LogP contribution in [0.4, 0.5) is 4.39 Å². The normalized spacial score (nSPS) is 11.2. The predicted molar refractivity (Wildman–Crippen MR) is 88.8 cm³/mol. The van der Waals surface area contributed by atoms with Crippen molar-refractivity contribution in [2.45, 2.75) is 4.90 Å². The van der Waals surface area contributed by atoms with Gasteiger partial charge in [-0.25, -0.2) is 22.7 Å². The predicted octanol–water partition coefficient (Wildman–Crippen LogP) is 2.82. The van der Waals surface area contributed by atoms with E-state index in [-0.39, 0.29) is 10.6 Å². The summed E-state index contributed by atoms with van der Waals surface area (Å²) in [4.78, 5) is 23.5. The molecule has 0 atom stereocenters. The first-order chi connectivity index (χ1) is 11.6. The molecule has 0 bridgehead atoms. The molecule has 0 unspecified atom stereocenters. The van der Waals surface area contributed by atoms with Crippen LogP contribution in [0.2, 0.25) is 10.0 Å². The Morgan fingerprint density at radius 2 is 1.76 bits per heavy atom. The standard InChI is InChI=1S/C15H10Cl2FNO5S/c16-8-1-3-10(12(17)5-8)14(20)7-24-15(21)11-6-9(25(19,22)23)2-4-13(11)18/h1-6H,7H2,(H2,19,22,23). The number of ketones is 1. The Morgan fingerprint density at radius 1 is 1.08 bits per heavy atom. The fraction of sp³-hybridized carbons (Fsp3) is 0.0667. The summed E-state index contributed by atoms with van der Waals surface area (Å²) in [6.45, 7) is -0.723. The van der Waals surface area contributed by atoms with Crippen molar-refractivity contribution in [3.05, 3.63) is 63.4 Å². The lowest BCUT2D eigenvalue weighted by molar-refractivity contribution is 0.0470. The molecule has 0 aliphatic heterocycles. The summed E-state index contributed by atoms with van der Waals surface area (Å²) in [5.41, 5.74) is -0.598. The molecule has 6 nitrogen and oxygen atoms in total. The Bertz CT molecular complexity index is 962. The van der Waals surface area contributed by atoms with Crippen molar-refractivity contribution in [1.82, 2.24) is 0 Å². The maximum absolute atomic E-state index is 13.7. The van der Waals surface area contributed by atoms with Crippen molar-refractivity contribution in [2.75, 3.05) is 6.61 Å². The Balaban J connectivity index is 2.16. The Morgan fingerprint density at radius 3 is 2.36 bits per heavy atom. The van der Waals surface area contributed by atoms with Gasteiger partial charge in [0.25, 0.3) is 0 Å². The number of carbonyl (C=O) groups is 2. The van der Waals surface area contributed by atoms with Crippen LogP contribution < -0.4 is 5.14 Å². The van der Waals surface area contributed by atoms with E-state index in [9.17, 15) is 22.4 Å². The average Bonchev–Trinajstić information content (AvgIpc) is 2.51. The molecule has 25 heavy (non-hydrogen) atoms. The molecule has 10 heteroatoms. The minimum absolute atomic E-state index is 0.0657. The van der Waals surface area contributed by atoms with Crippen LogP contribution in [-0.4, -0.2) is 26.8 Å². The van der Waals surface area contributed by atoms with Crippen LogP contribution >= 0.6 is 23.2 Å². The summed E-state index contributed by atoms with van der Waals surface area (Å²) < 4.78 is 40.9. The minimum Gasteiger partial charge on any atom is -0.454 e. The summed E-state index contributed by atoms with van der Waals surface area (Å²) in [5, 5.41) is 5.31. The molecule has 0 saturated carbocycles. The molecule has 2 aromatic carbocycles. The highest BCUT2D eigenvalue weighted by Crippen LogP contribution is 2.22. The van der Waals surface area contributed by atoms with Gasteiger partial charge in [-0.15, -0.1) is 0 Å². The number of primary sulfonamides is 1. The molecule has 0 spiro atoms. The monoisotopic (exact) mass is 405 g/mol. The molecule has 0 heterocycles. The molecule has 2 N–H and O–H groups in total. The van der Waals surface area contributed by atoms with E-state index in [1.165, 1.54) is 18.2 Å². The van der Waals surface area contributed by atoms with Crippen LogP contribution in [0.15, 0.2) is 41.3 Å². The smallest absolute Gasteiger partial charge is 0.341 e.